The molecule has 1 amide bonds. The Morgan fingerprint density at radius 3 is 3.06 bits per heavy atom. The first-order valence-corrected chi connectivity index (χ1v) is 6.46. The van der Waals surface area contributed by atoms with Crippen LogP contribution in [-0.4, -0.2) is 34.3 Å². The molecule has 0 bridgehead atoms. The maximum atomic E-state index is 12.3. The number of rotatable bonds is 1. The van der Waals surface area contributed by atoms with E-state index in [1.54, 1.807) is 6.20 Å². The molecule has 1 atom stereocenters. The Bertz CT molecular complexity index is 599. The van der Waals surface area contributed by atoms with Gasteiger partial charge in [-0.1, -0.05) is 6.07 Å². The maximum Gasteiger partial charge on any atom is 0.253 e. The third-order valence-electron chi connectivity index (χ3n) is 3.27. The highest BCUT2D eigenvalue weighted by molar-refractivity contribution is 6.21. The average molecular weight is 261 g/mol. The molecule has 1 aliphatic rings. The van der Waals surface area contributed by atoms with Gasteiger partial charge in [-0.15, -0.1) is 11.6 Å². The monoisotopic (exact) mass is 260 g/mol. The van der Waals surface area contributed by atoms with Crippen molar-refractivity contribution in [2.24, 2.45) is 0 Å². The number of hydrogen-bond donors (Lipinski definition) is 0. The number of hydrogen-bond acceptors (Lipinski definition) is 2. The molecule has 0 aliphatic carbocycles. The second-order valence-electron chi connectivity index (χ2n) is 4.55. The Kier molecular flexibility index (Phi) is 2.92. The van der Waals surface area contributed by atoms with Gasteiger partial charge in [-0.25, -0.2) is 0 Å². The molecule has 0 spiro atoms. The molecule has 1 aromatic carbocycles. The number of likely N-dealkylation sites (tertiary alicyclic amines) is 1. The van der Waals surface area contributed by atoms with E-state index in [0.717, 1.165) is 23.9 Å². The number of halogens is 1. The molecule has 3 rings (SSSR count). The van der Waals surface area contributed by atoms with Crippen molar-refractivity contribution in [2.45, 2.75) is 11.8 Å². The van der Waals surface area contributed by atoms with Crippen LogP contribution in [0.3, 0.4) is 0 Å². The minimum Gasteiger partial charge on any atom is -0.337 e. The summed E-state index contributed by atoms with van der Waals surface area (Å²) in [6, 6.07) is 9.46. The van der Waals surface area contributed by atoms with Crippen molar-refractivity contribution in [1.29, 1.82) is 0 Å². The molecule has 1 aliphatic heterocycles. The predicted molar refractivity (Wildman–Crippen MR) is 71.9 cm³/mol. The molecule has 0 radical (unpaired) electrons. The van der Waals surface area contributed by atoms with Gasteiger partial charge >= 0.3 is 0 Å². The number of nitrogens with zero attached hydrogens (tertiary/aromatic N) is 2. The van der Waals surface area contributed by atoms with Gasteiger partial charge in [0.1, 0.15) is 0 Å². The zero-order valence-electron chi connectivity index (χ0n) is 9.84. The van der Waals surface area contributed by atoms with Crippen molar-refractivity contribution in [3.8, 4) is 0 Å². The normalized spacial score (nSPS) is 19.4. The van der Waals surface area contributed by atoms with E-state index >= 15 is 0 Å². The molecule has 2 heterocycles. The van der Waals surface area contributed by atoms with Gasteiger partial charge < -0.3 is 4.90 Å². The molecule has 18 heavy (non-hydrogen) atoms. The summed E-state index contributed by atoms with van der Waals surface area (Å²) in [6.45, 7) is 1.39. The summed E-state index contributed by atoms with van der Waals surface area (Å²) in [7, 11) is 0. The fraction of sp³-hybridized carbons (Fsp3) is 0.286. The van der Waals surface area contributed by atoms with E-state index in [-0.39, 0.29) is 11.3 Å². The van der Waals surface area contributed by atoms with Gasteiger partial charge in [-0.2, -0.15) is 0 Å². The van der Waals surface area contributed by atoms with Gasteiger partial charge in [0.2, 0.25) is 0 Å². The van der Waals surface area contributed by atoms with Crippen LogP contribution in [0.25, 0.3) is 10.9 Å². The van der Waals surface area contributed by atoms with Crippen molar-refractivity contribution in [3.05, 3.63) is 42.1 Å². The Labute approximate surface area is 110 Å². The summed E-state index contributed by atoms with van der Waals surface area (Å²) in [5.74, 6) is 0.0592. The minimum atomic E-state index is 0.0592. The van der Waals surface area contributed by atoms with Crippen molar-refractivity contribution < 1.29 is 4.79 Å². The second kappa shape index (κ2) is 4.58. The summed E-state index contributed by atoms with van der Waals surface area (Å²) >= 11 is 6.03. The number of pyridine rings is 1. The number of benzene rings is 1. The van der Waals surface area contributed by atoms with Crippen LogP contribution >= 0.6 is 11.6 Å². The standard InChI is InChI=1S/C14H13ClN2O/c15-12-5-7-17(9-12)14(18)11-3-4-13-10(8-11)2-1-6-16-13/h1-4,6,8,12H,5,7,9H2. The lowest BCUT2D eigenvalue weighted by Gasteiger charge is -2.15. The second-order valence-corrected chi connectivity index (χ2v) is 5.17. The number of carbonyl (C=O) groups is 1. The smallest absolute Gasteiger partial charge is 0.253 e. The van der Waals surface area contributed by atoms with Crippen LogP contribution in [0.5, 0.6) is 0 Å². The maximum absolute atomic E-state index is 12.3. The van der Waals surface area contributed by atoms with Crippen LogP contribution in [-0.2, 0) is 0 Å². The van der Waals surface area contributed by atoms with Crippen LogP contribution < -0.4 is 0 Å². The number of aromatic nitrogens is 1. The third-order valence-corrected chi connectivity index (χ3v) is 3.62. The number of fused-ring (bicyclic) bond motifs is 1. The molecule has 2 aromatic rings. The Morgan fingerprint density at radius 2 is 2.28 bits per heavy atom. The quantitative estimate of drug-likeness (QED) is 0.739. The van der Waals surface area contributed by atoms with E-state index in [2.05, 4.69) is 4.98 Å². The number of alkyl halides is 1. The molecule has 92 valence electrons. The van der Waals surface area contributed by atoms with Gasteiger partial charge in [-0.3, -0.25) is 9.78 Å². The first-order valence-electron chi connectivity index (χ1n) is 6.02. The van der Waals surface area contributed by atoms with Crippen LogP contribution in [0, 0.1) is 0 Å². The first-order chi connectivity index (χ1) is 8.74. The van der Waals surface area contributed by atoms with Gasteiger partial charge in [0.05, 0.1) is 10.9 Å². The molecule has 1 aromatic heterocycles. The van der Waals surface area contributed by atoms with Gasteiger partial charge in [0.25, 0.3) is 5.91 Å². The minimum absolute atomic E-state index is 0.0592. The fourth-order valence-corrected chi connectivity index (χ4v) is 2.56. The summed E-state index contributed by atoms with van der Waals surface area (Å²) < 4.78 is 0. The predicted octanol–water partition coefficient (Wildman–Crippen LogP) is 2.69. The van der Waals surface area contributed by atoms with E-state index in [1.807, 2.05) is 35.2 Å². The molecular formula is C14H13ClN2O. The topological polar surface area (TPSA) is 33.2 Å². The first kappa shape index (κ1) is 11.5. The summed E-state index contributed by atoms with van der Waals surface area (Å²) in [6.07, 6.45) is 2.63. The largest absolute Gasteiger partial charge is 0.337 e. The summed E-state index contributed by atoms with van der Waals surface area (Å²) in [5.41, 5.74) is 1.62. The zero-order chi connectivity index (χ0) is 12.5. The molecule has 0 N–H and O–H groups in total. The van der Waals surface area contributed by atoms with E-state index in [1.165, 1.54) is 0 Å². The average Bonchev–Trinajstić information content (AvgIpc) is 2.84. The Morgan fingerprint density at radius 1 is 1.39 bits per heavy atom. The number of carbonyl (C=O) groups excluding carboxylic acids is 1. The van der Waals surface area contributed by atoms with E-state index in [0.29, 0.717) is 12.1 Å². The highest BCUT2D eigenvalue weighted by atomic mass is 35.5. The van der Waals surface area contributed by atoms with E-state index in [9.17, 15) is 4.79 Å². The number of amides is 1. The summed E-state index contributed by atoms with van der Waals surface area (Å²) in [4.78, 5) is 18.3. The van der Waals surface area contributed by atoms with Crippen LogP contribution in [0.15, 0.2) is 36.5 Å². The Hall–Kier alpha value is -1.61. The van der Waals surface area contributed by atoms with Gasteiger partial charge in [0, 0.05) is 30.2 Å². The van der Waals surface area contributed by atoms with Crippen molar-refractivity contribution >= 4 is 28.4 Å². The summed E-state index contributed by atoms with van der Waals surface area (Å²) in [5, 5.41) is 1.08. The lowest BCUT2D eigenvalue weighted by molar-refractivity contribution is 0.0793. The van der Waals surface area contributed by atoms with Crippen molar-refractivity contribution in [3.63, 3.8) is 0 Å². The van der Waals surface area contributed by atoms with Gasteiger partial charge in [0.15, 0.2) is 0 Å². The molecule has 1 unspecified atom stereocenters. The van der Waals surface area contributed by atoms with Crippen LogP contribution in [0.2, 0.25) is 0 Å². The van der Waals surface area contributed by atoms with Crippen LogP contribution in [0.4, 0.5) is 0 Å². The molecule has 4 heteroatoms. The fourth-order valence-electron chi connectivity index (χ4n) is 2.29. The highest BCUT2D eigenvalue weighted by Crippen LogP contribution is 2.19. The SMILES string of the molecule is O=C(c1ccc2ncccc2c1)N1CCC(Cl)C1. The molecular weight excluding hydrogens is 248 g/mol. The van der Waals surface area contributed by atoms with E-state index < -0.39 is 0 Å². The Balaban J connectivity index is 1.92. The lowest BCUT2D eigenvalue weighted by atomic mass is 10.1. The lowest BCUT2D eigenvalue weighted by Crippen LogP contribution is -2.28. The van der Waals surface area contributed by atoms with Crippen molar-refractivity contribution in [2.75, 3.05) is 13.1 Å². The zero-order valence-corrected chi connectivity index (χ0v) is 10.6. The molecule has 0 saturated carbocycles. The molecule has 1 fully saturated rings. The highest BCUT2D eigenvalue weighted by Gasteiger charge is 2.25. The molecule has 1 saturated heterocycles. The van der Waals surface area contributed by atoms with Crippen molar-refractivity contribution in [1.82, 2.24) is 9.88 Å². The van der Waals surface area contributed by atoms with Crippen LogP contribution in [0.1, 0.15) is 16.8 Å². The molecule has 3 nitrogen and oxygen atoms in total. The van der Waals surface area contributed by atoms with E-state index in [4.69, 9.17) is 11.6 Å². The van der Waals surface area contributed by atoms with Gasteiger partial charge in [-0.05, 0) is 30.7 Å². The third kappa shape index (κ3) is 2.06.